The summed E-state index contributed by atoms with van der Waals surface area (Å²) in [5.41, 5.74) is 5.32. The molecule has 0 aliphatic heterocycles. The van der Waals surface area contributed by atoms with E-state index in [-0.39, 0.29) is 0 Å². The second-order valence-corrected chi connectivity index (χ2v) is 6.34. The maximum atomic E-state index is 6.12. The van der Waals surface area contributed by atoms with Gasteiger partial charge >= 0.3 is 0 Å². The summed E-state index contributed by atoms with van der Waals surface area (Å²) in [7, 11) is 1.71. The Morgan fingerprint density at radius 2 is 1.86 bits per heavy atom. The van der Waals surface area contributed by atoms with Crippen LogP contribution in [0.3, 0.4) is 0 Å². The molecule has 2 aromatic carbocycles. The van der Waals surface area contributed by atoms with Gasteiger partial charge in [0.05, 0.1) is 7.11 Å². The number of hydrogen-bond acceptors (Lipinski definition) is 1. The van der Waals surface area contributed by atoms with Crippen molar-refractivity contribution < 1.29 is 4.74 Å². The third kappa shape index (κ3) is 3.20. The van der Waals surface area contributed by atoms with Crippen LogP contribution in [0, 0.1) is 6.92 Å². The minimum Gasteiger partial charge on any atom is -0.497 e. The van der Waals surface area contributed by atoms with E-state index in [2.05, 4.69) is 49.4 Å². The molecule has 0 radical (unpaired) electrons. The van der Waals surface area contributed by atoms with Gasteiger partial charge < -0.3 is 4.74 Å². The van der Waals surface area contributed by atoms with Crippen molar-refractivity contribution in [2.45, 2.75) is 32.1 Å². The van der Waals surface area contributed by atoms with Crippen LogP contribution < -0.4 is 4.74 Å². The first-order chi connectivity index (χ1) is 10.7. The standard InChI is InChI=1S/C20H21ClO/c1-14-13-18(9-12-20(14)21)17-5-3-15(4-6-17)16-7-10-19(22-2)11-8-16/h5,7-13,15H,3-4,6H2,1-2H3. The molecule has 1 aliphatic carbocycles. The summed E-state index contributed by atoms with van der Waals surface area (Å²) in [6.07, 6.45) is 5.81. The Morgan fingerprint density at radius 3 is 2.45 bits per heavy atom. The molecule has 0 bridgehead atoms. The zero-order chi connectivity index (χ0) is 15.5. The van der Waals surface area contributed by atoms with Crippen LogP contribution in [-0.2, 0) is 0 Å². The van der Waals surface area contributed by atoms with Crippen molar-refractivity contribution in [3.8, 4) is 5.75 Å². The summed E-state index contributed by atoms with van der Waals surface area (Å²) in [6, 6.07) is 14.8. The number of allylic oxidation sites excluding steroid dienone is 2. The molecule has 0 amide bonds. The Labute approximate surface area is 137 Å². The van der Waals surface area contributed by atoms with Crippen molar-refractivity contribution in [1.82, 2.24) is 0 Å². The molecule has 1 aliphatic rings. The van der Waals surface area contributed by atoms with Gasteiger partial charge in [-0.25, -0.2) is 0 Å². The van der Waals surface area contributed by atoms with Crippen LogP contribution in [0.15, 0.2) is 48.5 Å². The molecular weight excluding hydrogens is 292 g/mol. The molecule has 0 spiro atoms. The number of rotatable bonds is 3. The van der Waals surface area contributed by atoms with Crippen LogP contribution in [0.4, 0.5) is 0 Å². The Balaban J connectivity index is 1.74. The first-order valence-corrected chi connectivity index (χ1v) is 8.14. The van der Waals surface area contributed by atoms with E-state index in [1.54, 1.807) is 7.11 Å². The van der Waals surface area contributed by atoms with Gasteiger partial charge in [0.2, 0.25) is 0 Å². The van der Waals surface area contributed by atoms with E-state index in [0.29, 0.717) is 5.92 Å². The smallest absolute Gasteiger partial charge is 0.118 e. The molecule has 1 atom stereocenters. The van der Waals surface area contributed by atoms with E-state index in [1.165, 1.54) is 23.1 Å². The zero-order valence-electron chi connectivity index (χ0n) is 13.1. The van der Waals surface area contributed by atoms with Crippen molar-refractivity contribution in [2.24, 2.45) is 0 Å². The molecule has 0 aromatic heterocycles. The van der Waals surface area contributed by atoms with Crippen LogP contribution in [0.5, 0.6) is 5.75 Å². The molecule has 0 N–H and O–H groups in total. The van der Waals surface area contributed by atoms with Gasteiger partial charge in [-0.15, -0.1) is 0 Å². The van der Waals surface area contributed by atoms with Crippen molar-refractivity contribution >= 4 is 17.2 Å². The van der Waals surface area contributed by atoms with Gasteiger partial charge in [0.15, 0.2) is 0 Å². The van der Waals surface area contributed by atoms with Crippen LogP contribution in [0.25, 0.3) is 5.57 Å². The molecule has 0 heterocycles. The molecule has 0 saturated carbocycles. The van der Waals surface area contributed by atoms with E-state index >= 15 is 0 Å². The molecule has 2 aromatic rings. The molecule has 0 fully saturated rings. The summed E-state index contributed by atoms with van der Waals surface area (Å²) < 4.78 is 5.23. The van der Waals surface area contributed by atoms with Crippen molar-refractivity contribution in [3.05, 3.63) is 70.3 Å². The van der Waals surface area contributed by atoms with E-state index in [9.17, 15) is 0 Å². The lowest BCUT2D eigenvalue weighted by molar-refractivity contribution is 0.414. The van der Waals surface area contributed by atoms with Crippen LogP contribution in [0.2, 0.25) is 5.02 Å². The van der Waals surface area contributed by atoms with Gasteiger partial charge in [0.25, 0.3) is 0 Å². The Morgan fingerprint density at radius 1 is 1.09 bits per heavy atom. The molecular formula is C20H21ClO. The highest BCUT2D eigenvalue weighted by atomic mass is 35.5. The van der Waals surface area contributed by atoms with E-state index < -0.39 is 0 Å². The number of methoxy groups -OCH3 is 1. The summed E-state index contributed by atoms with van der Waals surface area (Å²) in [5.74, 6) is 1.54. The predicted molar refractivity (Wildman–Crippen MR) is 93.8 cm³/mol. The fraction of sp³-hybridized carbons (Fsp3) is 0.300. The van der Waals surface area contributed by atoms with Gasteiger partial charge in [-0.05, 0) is 72.6 Å². The Bertz CT molecular complexity index is 685. The maximum Gasteiger partial charge on any atom is 0.118 e. The number of halogens is 1. The average Bonchev–Trinajstić information content (AvgIpc) is 2.58. The topological polar surface area (TPSA) is 9.23 Å². The number of ether oxygens (including phenoxy) is 1. The lowest BCUT2D eigenvalue weighted by Crippen LogP contribution is -2.04. The third-order valence-corrected chi connectivity index (χ3v) is 4.95. The van der Waals surface area contributed by atoms with Crippen LogP contribution in [-0.4, -0.2) is 7.11 Å². The highest BCUT2D eigenvalue weighted by Gasteiger charge is 2.17. The molecule has 2 heteroatoms. The molecule has 1 nitrogen and oxygen atoms in total. The maximum absolute atomic E-state index is 6.12. The predicted octanol–water partition coefficient (Wildman–Crippen LogP) is 6.01. The molecule has 3 rings (SSSR count). The minimum absolute atomic E-state index is 0.614. The molecule has 22 heavy (non-hydrogen) atoms. The van der Waals surface area contributed by atoms with Gasteiger partial charge in [0, 0.05) is 5.02 Å². The summed E-state index contributed by atoms with van der Waals surface area (Å²) >= 11 is 6.12. The van der Waals surface area contributed by atoms with E-state index in [0.717, 1.165) is 29.2 Å². The first-order valence-electron chi connectivity index (χ1n) is 7.77. The summed E-state index contributed by atoms with van der Waals surface area (Å²) in [6.45, 7) is 2.06. The Hall–Kier alpha value is -1.73. The van der Waals surface area contributed by atoms with Crippen molar-refractivity contribution in [2.75, 3.05) is 7.11 Å². The van der Waals surface area contributed by atoms with E-state index in [4.69, 9.17) is 16.3 Å². The quantitative estimate of drug-likeness (QED) is 0.674. The number of hydrogen-bond donors (Lipinski definition) is 0. The van der Waals surface area contributed by atoms with E-state index in [1.807, 2.05) is 6.07 Å². The minimum atomic E-state index is 0.614. The van der Waals surface area contributed by atoms with Crippen LogP contribution in [0.1, 0.15) is 41.9 Å². The van der Waals surface area contributed by atoms with Gasteiger partial charge in [-0.2, -0.15) is 0 Å². The van der Waals surface area contributed by atoms with Crippen molar-refractivity contribution in [3.63, 3.8) is 0 Å². The second-order valence-electron chi connectivity index (χ2n) is 5.94. The molecule has 0 saturated heterocycles. The normalized spacial score (nSPS) is 18.0. The van der Waals surface area contributed by atoms with Gasteiger partial charge in [-0.3, -0.25) is 0 Å². The largest absolute Gasteiger partial charge is 0.497 e. The van der Waals surface area contributed by atoms with Gasteiger partial charge in [-0.1, -0.05) is 41.9 Å². The first kappa shape index (κ1) is 15.2. The highest BCUT2D eigenvalue weighted by molar-refractivity contribution is 6.31. The lowest BCUT2D eigenvalue weighted by atomic mass is 9.82. The number of aryl methyl sites for hydroxylation is 1. The van der Waals surface area contributed by atoms with Gasteiger partial charge in [0.1, 0.15) is 5.75 Å². The Kier molecular flexibility index (Phi) is 4.54. The molecule has 1 unspecified atom stereocenters. The third-order valence-electron chi connectivity index (χ3n) is 4.53. The second kappa shape index (κ2) is 6.58. The highest BCUT2D eigenvalue weighted by Crippen LogP contribution is 2.37. The lowest BCUT2D eigenvalue weighted by Gasteiger charge is -2.23. The average molecular weight is 313 g/mol. The SMILES string of the molecule is COc1ccc(C2CC=C(c3ccc(Cl)c(C)c3)CC2)cc1. The summed E-state index contributed by atoms with van der Waals surface area (Å²) in [4.78, 5) is 0. The fourth-order valence-electron chi connectivity index (χ4n) is 3.12. The monoisotopic (exact) mass is 312 g/mol. The molecule has 114 valence electrons. The number of benzene rings is 2. The van der Waals surface area contributed by atoms with Crippen molar-refractivity contribution in [1.29, 1.82) is 0 Å². The zero-order valence-corrected chi connectivity index (χ0v) is 13.9. The fourth-order valence-corrected chi connectivity index (χ4v) is 3.24. The summed E-state index contributed by atoms with van der Waals surface area (Å²) in [5, 5.41) is 0.844. The van der Waals surface area contributed by atoms with Crippen LogP contribution >= 0.6 is 11.6 Å².